The van der Waals surface area contributed by atoms with Gasteiger partial charge in [0, 0.05) is 23.5 Å². The van der Waals surface area contributed by atoms with Crippen molar-refractivity contribution >= 4 is 46.4 Å². The highest BCUT2D eigenvalue weighted by atomic mass is 35.5. The second-order valence-electron chi connectivity index (χ2n) is 7.31. The smallest absolute Gasteiger partial charge is 0.171 e. The van der Waals surface area contributed by atoms with Crippen LogP contribution in [-0.2, 0) is 0 Å². The van der Waals surface area contributed by atoms with Gasteiger partial charge in [0.05, 0.1) is 14.9 Å². The normalized spacial score (nSPS) is 16.9. The van der Waals surface area contributed by atoms with Gasteiger partial charge in [0.2, 0.25) is 0 Å². The number of pyridine rings is 1. The van der Waals surface area contributed by atoms with E-state index in [4.69, 9.17) is 28.9 Å². The molecule has 1 saturated heterocycles. The number of benzene rings is 1. The fourth-order valence-electron chi connectivity index (χ4n) is 3.33. The molecule has 0 spiro atoms. The summed E-state index contributed by atoms with van der Waals surface area (Å²) in [6.07, 6.45) is 3.51. The van der Waals surface area contributed by atoms with E-state index in [2.05, 4.69) is 34.9 Å². The van der Waals surface area contributed by atoms with Crippen molar-refractivity contribution in [3.63, 3.8) is 0 Å². The van der Waals surface area contributed by atoms with Gasteiger partial charge < -0.3 is 10.6 Å². The highest BCUT2D eigenvalue weighted by Gasteiger charge is 2.28. The average Bonchev–Trinajstić information content (AvgIpc) is 3.10. The van der Waals surface area contributed by atoms with E-state index in [-0.39, 0.29) is 5.54 Å². The molecule has 0 bridgehead atoms. The fraction of sp³-hybridized carbons (Fsp3) is 0.368. The van der Waals surface area contributed by atoms with Gasteiger partial charge in [-0.25, -0.2) is 4.98 Å². The van der Waals surface area contributed by atoms with E-state index >= 15 is 0 Å². The topological polar surface area (TPSA) is 59.5 Å². The summed E-state index contributed by atoms with van der Waals surface area (Å²) in [4.78, 5) is 8.79. The zero-order valence-electron chi connectivity index (χ0n) is 15.2. The van der Waals surface area contributed by atoms with Crippen molar-refractivity contribution in [1.82, 2.24) is 14.6 Å². The predicted octanol–water partition coefficient (Wildman–Crippen LogP) is 4.81. The van der Waals surface area contributed by atoms with Crippen LogP contribution >= 0.6 is 35.0 Å². The largest absolute Gasteiger partial charge is 0.356 e. The molecular weight excluding hydrogens is 401 g/mol. The molecule has 1 aliphatic heterocycles. The molecule has 2 N–H and O–H groups in total. The maximum Gasteiger partial charge on any atom is 0.171 e. The second-order valence-corrected chi connectivity index (χ2v) is 9.14. The average molecular weight is 422 g/mol. The van der Waals surface area contributed by atoms with Crippen LogP contribution in [0.5, 0.6) is 0 Å². The van der Waals surface area contributed by atoms with Gasteiger partial charge >= 0.3 is 0 Å². The molecule has 3 aromatic rings. The van der Waals surface area contributed by atoms with Gasteiger partial charge in [-0.05, 0) is 50.5 Å². The van der Waals surface area contributed by atoms with Gasteiger partial charge in [-0.15, -0.1) is 0 Å². The van der Waals surface area contributed by atoms with Crippen molar-refractivity contribution < 1.29 is 0 Å². The van der Waals surface area contributed by atoms with Crippen molar-refractivity contribution in [2.24, 2.45) is 5.73 Å². The number of hydrogen-bond donors (Lipinski definition) is 1. The number of hydrogen-bond acceptors (Lipinski definition) is 5. The lowest BCUT2D eigenvalue weighted by Gasteiger charge is -2.38. The number of nitrogens with zero attached hydrogens (tertiary/aromatic N) is 4. The van der Waals surface area contributed by atoms with Crippen LogP contribution in [0.1, 0.15) is 25.3 Å². The second kappa shape index (κ2) is 7.17. The fourth-order valence-corrected chi connectivity index (χ4v) is 4.82. The summed E-state index contributed by atoms with van der Waals surface area (Å²) < 4.78 is 1.91. The van der Waals surface area contributed by atoms with E-state index in [1.807, 2.05) is 16.6 Å². The molecule has 0 saturated carbocycles. The lowest BCUT2D eigenvalue weighted by molar-refractivity contribution is 0.362. The monoisotopic (exact) mass is 421 g/mol. The van der Waals surface area contributed by atoms with Gasteiger partial charge in [-0.1, -0.05) is 41.0 Å². The third kappa shape index (κ3) is 3.63. The van der Waals surface area contributed by atoms with Crippen molar-refractivity contribution in [2.75, 3.05) is 18.0 Å². The molecule has 1 aromatic carbocycles. The maximum absolute atomic E-state index is 6.38. The number of fused-ring (bicyclic) bond motifs is 1. The molecule has 2 aromatic heterocycles. The summed E-state index contributed by atoms with van der Waals surface area (Å²) in [5.41, 5.74) is 8.16. The van der Waals surface area contributed by atoms with Crippen molar-refractivity contribution in [3.8, 4) is 0 Å². The lowest BCUT2D eigenvalue weighted by Crippen LogP contribution is -2.48. The van der Waals surface area contributed by atoms with E-state index in [1.54, 1.807) is 24.2 Å². The van der Waals surface area contributed by atoms with Gasteiger partial charge in [-0.3, -0.25) is 0 Å². The highest BCUT2D eigenvalue weighted by Crippen LogP contribution is 2.41. The van der Waals surface area contributed by atoms with Gasteiger partial charge in [0.25, 0.3) is 0 Å². The van der Waals surface area contributed by atoms with Crippen molar-refractivity contribution in [3.05, 3.63) is 46.2 Å². The molecular formula is C19H21Cl2N5S. The number of aromatic nitrogens is 3. The van der Waals surface area contributed by atoms with E-state index in [0.717, 1.165) is 52.8 Å². The molecule has 5 nitrogen and oxygen atoms in total. The molecule has 1 fully saturated rings. The third-order valence-corrected chi connectivity index (χ3v) is 7.23. The highest BCUT2D eigenvalue weighted by molar-refractivity contribution is 7.99. The van der Waals surface area contributed by atoms with Crippen LogP contribution in [0.4, 0.5) is 5.82 Å². The van der Waals surface area contributed by atoms with Crippen LogP contribution in [0, 0.1) is 6.92 Å². The van der Waals surface area contributed by atoms with E-state index in [1.165, 1.54) is 0 Å². The zero-order valence-corrected chi connectivity index (χ0v) is 17.6. The quantitative estimate of drug-likeness (QED) is 0.656. The predicted molar refractivity (Wildman–Crippen MR) is 112 cm³/mol. The molecule has 0 unspecified atom stereocenters. The Hall–Kier alpha value is -1.47. The van der Waals surface area contributed by atoms with Crippen LogP contribution in [0.15, 0.2) is 40.4 Å². The Balaban J connectivity index is 1.73. The molecule has 27 heavy (non-hydrogen) atoms. The van der Waals surface area contributed by atoms with Crippen LogP contribution in [0.25, 0.3) is 5.65 Å². The first-order valence-corrected chi connectivity index (χ1v) is 10.4. The Bertz CT molecular complexity index is 991. The van der Waals surface area contributed by atoms with E-state index in [0.29, 0.717) is 10.0 Å². The van der Waals surface area contributed by atoms with Crippen LogP contribution in [0.2, 0.25) is 10.0 Å². The Morgan fingerprint density at radius 3 is 2.70 bits per heavy atom. The minimum absolute atomic E-state index is 0.0911. The van der Waals surface area contributed by atoms with Gasteiger partial charge in [-0.2, -0.15) is 9.61 Å². The summed E-state index contributed by atoms with van der Waals surface area (Å²) in [7, 11) is 0. The first-order valence-electron chi connectivity index (χ1n) is 8.85. The van der Waals surface area contributed by atoms with Crippen molar-refractivity contribution in [1.29, 1.82) is 0 Å². The van der Waals surface area contributed by atoms with Gasteiger partial charge in [0.1, 0.15) is 12.1 Å². The van der Waals surface area contributed by atoms with E-state index in [9.17, 15) is 0 Å². The molecule has 3 heterocycles. The summed E-state index contributed by atoms with van der Waals surface area (Å²) in [6.45, 7) is 6.03. The number of halogens is 2. The number of rotatable bonds is 3. The number of nitrogens with two attached hydrogens (primary N) is 1. The molecule has 8 heteroatoms. The van der Waals surface area contributed by atoms with Gasteiger partial charge in [0.15, 0.2) is 5.65 Å². The van der Waals surface area contributed by atoms with Crippen LogP contribution in [-0.4, -0.2) is 33.2 Å². The maximum atomic E-state index is 6.38. The van der Waals surface area contributed by atoms with Crippen molar-refractivity contribution in [2.45, 2.75) is 42.0 Å². The number of anilines is 1. The molecule has 0 aliphatic carbocycles. The Morgan fingerprint density at radius 1 is 1.22 bits per heavy atom. The molecule has 0 atom stereocenters. The summed E-state index contributed by atoms with van der Waals surface area (Å²) in [5.74, 6) is 1.05. The molecule has 1 aliphatic rings. The molecule has 0 radical (unpaired) electrons. The summed E-state index contributed by atoms with van der Waals surface area (Å²) in [6, 6.07) is 7.82. The SMILES string of the molecule is Cc1cc(N2CCC(C)(N)CC2)n2ncnc2c1Sc1cccc(Cl)c1Cl. The summed E-state index contributed by atoms with van der Waals surface area (Å²) >= 11 is 14.1. The van der Waals surface area contributed by atoms with Crippen LogP contribution in [0.3, 0.4) is 0 Å². The zero-order chi connectivity index (χ0) is 19.2. The first kappa shape index (κ1) is 18.9. The Kier molecular flexibility index (Phi) is 5.01. The summed E-state index contributed by atoms with van der Waals surface area (Å²) in [5, 5.41) is 5.58. The number of aryl methyl sites for hydroxylation is 1. The Labute approximate surface area is 172 Å². The minimum Gasteiger partial charge on any atom is -0.356 e. The standard InChI is InChI=1S/C19H21Cl2N5S/c1-12-10-15(25-8-6-19(2,22)7-9-25)26-18(23-11-24-26)17(12)27-14-5-3-4-13(20)16(14)21/h3-5,10-11H,6-9,22H2,1-2H3. The lowest BCUT2D eigenvalue weighted by atomic mass is 9.91. The third-order valence-electron chi connectivity index (χ3n) is 5.03. The van der Waals surface area contributed by atoms with Crippen LogP contribution < -0.4 is 10.6 Å². The minimum atomic E-state index is -0.0911. The van der Waals surface area contributed by atoms with E-state index < -0.39 is 0 Å². The molecule has 0 amide bonds. The number of piperidine rings is 1. The first-order chi connectivity index (χ1) is 12.9. The Morgan fingerprint density at radius 2 is 1.96 bits per heavy atom. The molecule has 4 rings (SSSR count). The molecule has 142 valence electrons.